The van der Waals surface area contributed by atoms with Crippen LogP contribution in [0.1, 0.15) is 46.1 Å². The van der Waals surface area contributed by atoms with Gasteiger partial charge in [-0.1, -0.05) is 23.8 Å². The van der Waals surface area contributed by atoms with Crippen molar-refractivity contribution < 1.29 is 4.65 Å². The molecule has 1 saturated heterocycles. The SMILES string of the molecule is Cn1nc(NCC2=CCCC(C(C)(C)C#N)=C2)c2cc(C[N+]3([O-])CC(C)(C)C3)ccc2c1=O. The van der Waals surface area contributed by atoms with Crippen LogP contribution >= 0.6 is 0 Å². The molecular formula is C26H33N5O2. The van der Waals surface area contributed by atoms with Gasteiger partial charge in [0.05, 0.1) is 35.4 Å². The van der Waals surface area contributed by atoms with Crippen LogP contribution in [0.15, 0.2) is 46.3 Å². The van der Waals surface area contributed by atoms with Gasteiger partial charge in [-0.15, -0.1) is 0 Å². The first-order valence-corrected chi connectivity index (χ1v) is 11.5. The average Bonchev–Trinajstić information content (AvgIpc) is 2.74. The summed E-state index contributed by atoms with van der Waals surface area (Å²) in [6.07, 6.45) is 6.07. The second-order valence-electron chi connectivity index (χ2n) is 10.9. The summed E-state index contributed by atoms with van der Waals surface area (Å²) in [5.74, 6) is 0.622. The molecule has 7 heteroatoms. The van der Waals surface area contributed by atoms with Gasteiger partial charge >= 0.3 is 0 Å². The average molecular weight is 448 g/mol. The number of nitriles is 1. The Hall–Kier alpha value is -2.95. The Bertz CT molecular complexity index is 1250. The fourth-order valence-corrected chi connectivity index (χ4v) is 5.23. The van der Waals surface area contributed by atoms with Crippen molar-refractivity contribution in [2.45, 2.75) is 47.1 Å². The fourth-order valence-electron chi connectivity index (χ4n) is 5.23. The topological polar surface area (TPSA) is 93.8 Å². The molecule has 1 aromatic carbocycles. The second kappa shape index (κ2) is 8.12. The van der Waals surface area contributed by atoms with Crippen LogP contribution in [0, 0.1) is 27.4 Å². The zero-order chi connectivity index (χ0) is 24.0. The smallest absolute Gasteiger partial charge is 0.274 e. The number of fused-ring (bicyclic) bond motifs is 1. The monoisotopic (exact) mass is 447 g/mol. The summed E-state index contributed by atoms with van der Waals surface area (Å²) in [5, 5.41) is 31.6. The van der Waals surface area contributed by atoms with Gasteiger partial charge in [0.2, 0.25) is 0 Å². The lowest BCUT2D eigenvalue weighted by molar-refractivity contribution is -0.951. The van der Waals surface area contributed by atoms with Gasteiger partial charge in [0.1, 0.15) is 6.54 Å². The second-order valence-corrected chi connectivity index (χ2v) is 10.9. The molecule has 2 aliphatic rings. The normalized spacial score (nSPS) is 19.3. The van der Waals surface area contributed by atoms with Crippen LogP contribution in [-0.4, -0.2) is 34.1 Å². The molecule has 1 aliphatic carbocycles. The molecule has 174 valence electrons. The Morgan fingerprint density at radius 1 is 1.30 bits per heavy atom. The molecule has 0 spiro atoms. The predicted molar refractivity (Wildman–Crippen MR) is 131 cm³/mol. The molecule has 1 aromatic heterocycles. The minimum Gasteiger partial charge on any atom is -0.633 e. The molecule has 2 aromatic rings. The highest BCUT2D eigenvalue weighted by molar-refractivity contribution is 5.91. The Balaban J connectivity index is 1.61. The van der Waals surface area contributed by atoms with E-state index in [0.29, 0.717) is 37.4 Å². The summed E-state index contributed by atoms with van der Waals surface area (Å²) in [4.78, 5) is 12.7. The Morgan fingerprint density at radius 2 is 2.03 bits per heavy atom. The zero-order valence-electron chi connectivity index (χ0n) is 20.2. The van der Waals surface area contributed by atoms with Crippen LogP contribution in [0.4, 0.5) is 5.82 Å². The van der Waals surface area contributed by atoms with Crippen LogP contribution in [0.25, 0.3) is 10.8 Å². The molecule has 4 rings (SSSR count). The Labute approximate surface area is 195 Å². The van der Waals surface area contributed by atoms with E-state index in [1.54, 1.807) is 7.05 Å². The van der Waals surface area contributed by atoms with Crippen molar-refractivity contribution in [3.05, 3.63) is 62.6 Å². The molecular weight excluding hydrogens is 414 g/mol. The number of benzene rings is 1. The van der Waals surface area contributed by atoms with E-state index in [0.717, 1.165) is 34.9 Å². The van der Waals surface area contributed by atoms with Gasteiger partial charge in [-0.05, 0) is 58.2 Å². The van der Waals surface area contributed by atoms with Crippen LogP contribution in [0.3, 0.4) is 0 Å². The number of nitrogens with zero attached hydrogens (tertiary/aromatic N) is 4. The first-order chi connectivity index (χ1) is 15.4. The number of allylic oxidation sites excluding steroid dienone is 2. The van der Waals surface area contributed by atoms with E-state index in [9.17, 15) is 15.3 Å². The largest absolute Gasteiger partial charge is 0.633 e. The van der Waals surface area contributed by atoms with Crippen LogP contribution in [-0.2, 0) is 13.6 Å². The van der Waals surface area contributed by atoms with Gasteiger partial charge in [0, 0.05) is 24.5 Å². The summed E-state index contributed by atoms with van der Waals surface area (Å²) in [7, 11) is 1.65. The van der Waals surface area contributed by atoms with Gasteiger partial charge in [0.25, 0.3) is 5.56 Å². The molecule has 0 bridgehead atoms. The number of anilines is 1. The van der Waals surface area contributed by atoms with E-state index in [4.69, 9.17) is 0 Å². The van der Waals surface area contributed by atoms with Crippen molar-refractivity contribution in [1.82, 2.24) is 9.78 Å². The number of hydrogen-bond donors (Lipinski definition) is 1. The predicted octanol–water partition coefficient (Wildman–Crippen LogP) is 4.40. The third kappa shape index (κ3) is 4.73. The molecule has 0 saturated carbocycles. The van der Waals surface area contributed by atoms with E-state index >= 15 is 0 Å². The van der Waals surface area contributed by atoms with E-state index in [-0.39, 0.29) is 15.6 Å². The summed E-state index contributed by atoms with van der Waals surface area (Å²) >= 11 is 0. The maximum Gasteiger partial charge on any atom is 0.274 e. The van der Waals surface area contributed by atoms with Crippen LogP contribution in [0.2, 0.25) is 0 Å². The lowest BCUT2D eigenvalue weighted by atomic mass is 9.80. The molecule has 0 amide bonds. The van der Waals surface area contributed by atoms with E-state index in [1.165, 1.54) is 4.68 Å². The van der Waals surface area contributed by atoms with Crippen LogP contribution in [0.5, 0.6) is 0 Å². The Morgan fingerprint density at radius 3 is 2.70 bits per heavy atom. The maximum absolute atomic E-state index is 13.0. The highest BCUT2D eigenvalue weighted by atomic mass is 16.6. The van der Waals surface area contributed by atoms with Gasteiger partial charge in [-0.3, -0.25) is 4.79 Å². The number of hydrogen-bond acceptors (Lipinski definition) is 5. The van der Waals surface area contributed by atoms with Gasteiger partial charge < -0.3 is 15.2 Å². The molecule has 7 nitrogen and oxygen atoms in total. The minimum atomic E-state index is -0.487. The number of rotatable bonds is 6. The summed E-state index contributed by atoms with van der Waals surface area (Å²) in [6, 6.07) is 8.02. The van der Waals surface area contributed by atoms with Crippen LogP contribution < -0.4 is 10.9 Å². The van der Waals surface area contributed by atoms with Crippen molar-refractivity contribution in [2.24, 2.45) is 17.9 Å². The van der Waals surface area contributed by atoms with Gasteiger partial charge in [0.15, 0.2) is 5.82 Å². The highest BCUT2D eigenvalue weighted by Gasteiger charge is 2.44. The third-order valence-corrected chi connectivity index (χ3v) is 6.74. The maximum atomic E-state index is 13.0. The quantitative estimate of drug-likeness (QED) is 0.523. The van der Waals surface area contributed by atoms with Crippen molar-refractivity contribution in [3.8, 4) is 6.07 Å². The number of aryl methyl sites for hydroxylation is 1. The van der Waals surface area contributed by atoms with Crippen molar-refractivity contribution in [1.29, 1.82) is 5.26 Å². The lowest BCUT2D eigenvalue weighted by Crippen LogP contribution is -2.63. The van der Waals surface area contributed by atoms with Gasteiger partial charge in [-0.25, -0.2) is 4.68 Å². The Kier molecular flexibility index (Phi) is 5.71. The standard InChI is InChI=1S/C26H33N5O2/c1-25(2)16-31(33,17-25)14-19-9-10-21-22(12-19)23(29-30(5)24(21)32)28-13-18-7-6-8-20(11-18)26(3,4)15-27/h7,9-12H,6,8,13-14,16-17H2,1-5H3,(H,28,29). The first-order valence-electron chi connectivity index (χ1n) is 11.5. The minimum absolute atomic E-state index is 0.0863. The molecule has 0 atom stereocenters. The van der Waals surface area contributed by atoms with E-state index in [2.05, 4.69) is 42.5 Å². The molecule has 2 heterocycles. The summed E-state index contributed by atoms with van der Waals surface area (Å²) in [5.41, 5.74) is 2.59. The number of aromatic nitrogens is 2. The van der Waals surface area contributed by atoms with Gasteiger partial charge in [-0.2, -0.15) is 10.4 Å². The van der Waals surface area contributed by atoms with E-state index in [1.807, 2.05) is 32.0 Å². The number of hydroxylamine groups is 3. The number of likely N-dealkylation sites (tertiary alicyclic amines) is 1. The lowest BCUT2D eigenvalue weighted by Gasteiger charge is -2.58. The third-order valence-electron chi connectivity index (χ3n) is 6.74. The molecule has 1 aliphatic heterocycles. The van der Waals surface area contributed by atoms with Crippen molar-refractivity contribution >= 4 is 16.6 Å². The highest BCUT2D eigenvalue weighted by Crippen LogP contribution is 2.37. The summed E-state index contributed by atoms with van der Waals surface area (Å²) in [6.45, 7) is 10.3. The summed E-state index contributed by atoms with van der Waals surface area (Å²) < 4.78 is 1.12. The number of nitrogens with one attached hydrogen (secondary N) is 1. The first kappa shape index (κ1) is 23.2. The van der Waals surface area contributed by atoms with Crippen molar-refractivity contribution in [2.75, 3.05) is 25.0 Å². The van der Waals surface area contributed by atoms with E-state index < -0.39 is 5.41 Å². The molecule has 1 N–H and O–H groups in total. The molecule has 1 fully saturated rings. The fraction of sp³-hybridized carbons (Fsp3) is 0.500. The molecule has 33 heavy (non-hydrogen) atoms. The zero-order valence-corrected chi connectivity index (χ0v) is 20.2. The number of quaternary nitrogens is 1. The van der Waals surface area contributed by atoms with Crippen molar-refractivity contribution in [3.63, 3.8) is 0 Å². The molecule has 0 radical (unpaired) electrons. The molecule has 0 unspecified atom stereocenters.